The molecule has 1 amide bonds. The second-order valence-electron chi connectivity index (χ2n) is 6.96. The Morgan fingerprint density at radius 1 is 1.14 bits per heavy atom. The van der Waals surface area contributed by atoms with Gasteiger partial charge in [0.25, 0.3) is 5.91 Å². The lowest BCUT2D eigenvalue weighted by atomic mass is 10.1. The highest BCUT2D eigenvalue weighted by atomic mass is 35.5. The summed E-state index contributed by atoms with van der Waals surface area (Å²) in [5.74, 6) is -0.427. The van der Waals surface area contributed by atoms with Crippen LogP contribution in [0.25, 0.3) is 0 Å². The van der Waals surface area contributed by atoms with E-state index < -0.39 is 5.97 Å². The first-order valence-electron chi connectivity index (χ1n) is 9.29. The summed E-state index contributed by atoms with van der Waals surface area (Å²) in [4.78, 5) is 27.4. The van der Waals surface area contributed by atoms with Gasteiger partial charge in [0, 0.05) is 16.4 Å². The van der Waals surface area contributed by atoms with E-state index in [9.17, 15) is 9.59 Å². The Morgan fingerprint density at radius 2 is 1.82 bits per heavy atom. The van der Waals surface area contributed by atoms with Gasteiger partial charge in [0.05, 0.1) is 38.9 Å². The standard InChI is InChI=1S/C21H24ClN3O3/c1-15-3-6-17(22)13-19(15)25-11-9-24(10-12-25)14-20(26)23-18-7-4-16(5-8-18)21(27)28-2/h3-8,13H,9-12,14H2,1-2H3,(H,23,26)/p+1. The molecule has 3 rings (SSSR count). The van der Waals surface area contributed by atoms with Gasteiger partial charge in [-0.05, 0) is 48.9 Å². The topological polar surface area (TPSA) is 63.1 Å². The number of aryl methyl sites for hydroxylation is 1. The average Bonchev–Trinajstić information content (AvgIpc) is 2.70. The lowest BCUT2D eigenvalue weighted by Gasteiger charge is -2.34. The molecular weight excluding hydrogens is 378 g/mol. The molecule has 0 saturated carbocycles. The number of piperazine rings is 1. The van der Waals surface area contributed by atoms with Crippen molar-refractivity contribution in [1.82, 2.24) is 0 Å². The van der Waals surface area contributed by atoms with Crippen LogP contribution >= 0.6 is 11.6 Å². The van der Waals surface area contributed by atoms with Gasteiger partial charge in [-0.15, -0.1) is 0 Å². The lowest BCUT2D eigenvalue weighted by Crippen LogP contribution is -3.15. The molecule has 1 aliphatic rings. The van der Waals surface area contributed by atoms with Crippen LogP contribution in [0.2, 0.25) is 5.02 Å². The van der Waals surface area contributed by atoms with Crippen molar-refractivity contribution in [2.24, 2.45) is 0 Å². The Kier molecular flexibility index (Phi) is 6.54. The molecule has 1 heterocycles. The molecule has 6 nitrogen and oxygen atoms in total. The smallest absolute Gasteiger partial charge is 0.337 e. The van der Waals surface area contributed by atoms with Gasteiger partial charge in [-0.2, -0.15) is 0 Å². The normalized spacial score (nSPS) is 14.6. The summed E-state index contributed by atoms with van der Waals surface area (Å²) >= 11 is 6.14. The van der Waals surface area contributed by atoms with E-state index in [1.807, 2.05) is 18.2 Å². The fourth-order valence-electron chi connectivity index (χ4n) is 3.40. The maximum Gasteiger partial charge on any atom is 0.337 e. The number of quaternary nitrogens is 1. The van der Waals surface area contributed by atoms with E-state index in [0.717, 1.165) is 31.2 Å². The van der Waals surface area contributed by atoms with E-state index in [1.54, 1.807) is 24.3 Å². The molecule has 0 bridgehead atoms. The Morgan fingerprint density at radius 3 is 2.46 bits per heavy atom. The van der Waals surface area contributed by atoms with Gasteiger partial charge in [-0.25, -0.2) is 4.79 Å². The third kappa shape index (κ3) is 5.03. The summed E-state index contributed by atoms with van der Waals surface area (Å²) in [7, 11) is 1.34. The number of hydrogen-bond acceptors (Lipinski definition) is 4. The van der Waals surface area contributed by atoms with E-state index in [2.05, 4.69) is 21.9 Å². The van der Waals surface area contributed by atoms with Crippen LogP contribution in [-0.2, 0) is 9.53 Å². The fraction of sp³-hybridized carbons (Fsp3) is 0.333. The number of hydrogen-bond donors (Lipinski definition) is 2. The second kappa shape index (κ2) is 9.08. The summed E-state index contributed by atoms with van der Waals surface area (Å²) < 4.78 is 4.67. The Labute approximate surface area is 170 Å². The number of carbonyl (C=O) groups is 2. The van der Waals surface area contributed by atoms with E-state index in [-0.39, 0.29) is 5.91 Å². The SMILES string of the molecule is COC(=O)c1ccc(NC(=O)C[NH+]2CCN(c3cc(Cl)ccc3C)CC2)cc1. The molecular formula is C21H25ClN3O3+. The van der Waals surface area contributed by atoms with Crippen LogP contribution < -0.4 is 15.1 Å². The Bertz CT molecular complexity index is 846. The molecule has 148 valence electrons. The molecule has 2 N–H and O–H groups in total. The third-order valence-electron chi connectivity index (χ3n) is 4.98. The summed E-state index contributed by atoms with van der Waals surface area (Å²) in [6, 6.07) is 12.6. The monoisotopic (exact) mass is 402 g/mol. The van der Waals surface area contributed by atoms with E-state index in [4.69, 9.17) is 11.6 Å². The molecule has 0 spiro atoms. The van der Waals surface area contributed by atoms with Crippen LogP contribution in [0.5, 0.6) is 0 Å². The first-order chi connectivity index (χ1) is 13.5. The van der Waals surface area contributed by atoms with Gasteiger partial charge >= 0.3 is 5.97 Å². The summed E-state index contributed by atoms with van der Waals surface area (Å²) in [6.07, 6.45) is 0. The maximum atomic E-state index is 12.4. The molecule has 1 saturated heterocycles. The number of methoxy groups -OCH3 is 1. The molecule has 0 atom stereocenters. The minimum absolute atomic E-state index is 0.0341. The number of rotatable bonds is 5. The molecule has 1 fully saturated rings. The van der Waals surface area contributed by atoms with E-state index in [1.165, 1.54) is 23.3 Å². The fourth-order valence-corrected chi connectivity index (χ4v) is 3.57. The van der Waals surface area contributed by atoms with Crippen molar-refractivity contribution in [1.29, 1.82) is 0 Å². The van der Waals surface area contributed by atoms with Crippen LogP contribution in [0.1, 0.15) is 15.9 Å². The highest BCUT2D eigenvalue weighted by molar-refractivity contribution is 6.30. The highest BCUT2D eigenvalue weighted by Crippen LogP contribution is 2.24. The zero-order valence-electron chi connectivity index (χ0n) is 16.1. The van der Waals surface area contributed by atoms with Gasteiger partial charge in [0.15, 0.2) is 6.54 Å². The molecule has 2 aromatic rings. The number of amides is 1. The average molecular weight is 403 g/mol. The Hall–Kier alpha value is -2.57. The quantitative estimate of drug-likeness (QED) is 0.748. The zero-order valence-corrected chi connectivity index (χ0v) is 16.9. The van der Waals surface area contributed by atoms with Crippen LogP contribution in [0.15, 0.2) is 42.5 Å². The van der Waals surface area contributed by atoms with Crippen molar-refractivity contribution in [3.8, 4) is 0 Å². The van der Waals surface area contributed by atoms with Crippen molar-refractivity contribution in [2.45, 2.75) is 6.92 Å². The summed E-state index contributed by atoms with van der Waals surface area (Å²) in [6.45, 7) is 6.06. The number of ether oxygens (including phenoxy) is 1. The number of nitrogens with zero attached hydrogens (tertiary/aromatic N) is 1. The second-order valence-corrected chi connectivity index (χ2v) is 7.40. The molecule has 0 unspecified atom stereocenters. The van der Waals surface area contributed by atoms with E-state index >= 15 is 0 Å². The van der Waals surface area contributed by atoms with Crippen molar-refractivity contribution in [3.05, 3.63) is 58.6 Å². The number of nitrogens with one attached hydrogen (secondary N) is 2. The number of halogens is 1. The highest BCUT2D eigenvalue weighted by Gasteiger charge is 2.23. The van der Waals surface area contributed by atoms with Gasteiger partial charge < -0.3 is 19.9 Å². The van der Waals surface area contributed by atoms with Crippen molar-refractivity contribution in [2.75, 3.05) is 50.1 Å². The lowest BCUT2D eigenvalue weighted by molar-refractivity contribution is -0.892. The largest absolute Gasteiger partial charge is 0.465 e. The molecule has 7 heteroatoms. The minimum Gasteiger partial charge on any atom is -0.465 e. The van der Waals surface area contributed by atoms with Gasteiger partial charge in [-0.3, -0.25) is 4.79 Å². The van der Waals surface area contributed by atoms with Crippen molar-refractivity contribution < 1.29 is 19.2 Å². The maximum absolute atomic E-state index is 12.4. The molecule has 0 radical (unpaired) electrons. The minimum atomic E-state index is -0.393. The molecule has 0 aliphatic carbocycles. The third-order valence-corrected chi connectivity index (χ3v) is 5.22. The van der Waals surface area contributed by atoms with Crippen LogP contribution in [0.3, 0.4) is 0 Å². The van der Waals surface area contributed by atoms with Gasteiger partial charge in [-0.1, -0.05) is 17.7 Å². The number of benzene rings is 2. The van der Waals surface area contributed by atoms with E-state index in [0.29, 0.717) is 17.8 Å². The van der Waals surface area contributed by atoms with Gasteiger partial charge in [0.1, 0.15) is 0 Å². The molecule has 28 heavy (non-hydrogen) atoms. The Balaban J connectivity index is 1.50. The predicted molar refractivity (Wildman–Crippen MR) is 110 cm³/mol. The summed E-state index contributed by atoms with van der Waals surface area (Å²) in [5.41, 5.74) is 3.51. The zero-order chi connectivity index (χ0) is 20.1. The van der Waals surface area contributed by atoms with Crippen LogP contribution in [0, 0.1) is 6.92 Å². The van der Waals surface area contributed by atoms with Crippen LogP contribution in [0.4, 0.5) is 11.4 Å². The number of anilines is 2. The van der Waals surface area contributed by atoms with Crippen molar-refractivity contribution in [3.63, 3.8) is 0 Å². The molecule has 2 aromatic carbocycles. The first-order valence-corrected chi connectivity index (χ1v) is 9.67. The van der Waals surface area contributed by atoms with Gasteiger partial charge in [0.2, 0.25) is 0 Å². The first kappa shape index (κ1) is 20.2. The number of carbonyl (C=O) groups excluding carboxylic acids is 2. The molecule has 0 aromatic heterocycles. The van der Waals surface area contributed by atoms with Crippen LogP contribution in [-0.4, -0.2) is 51.7 Å². The number of esters is 1. The molecule has 1 aliphatic heterocycles. The summed E-state index contributed by atoms with van der Waals surface area (Å²) in [5, 5.41) is 3.63. The van der Waals surface area contributed by atoms with Crippen molar-refractivity contribution >= 4 is 34.9 Å². The predicted octanol–water partition coefficient (Wildman–Crippen LogP) is 1.78.